The second-order valence-corrected chi connectivity index (χ2v) is 4.56. The maximum absolute atomic E-state index is 11.4. The van der Waals surface area contributed by atoms with Crippen LogP contribution in [0.3, 0.4) is 0 Å². The van der Waals surface area contributed by atoms with Crippen LogP contribution in [0.1, 0.15) is 42.3 Å². The number of aromatic carboxylic acids is 1. The molecule has 0 unspecified atom stereocenters. The zero-order valence-electron chi connectivity index (χ0n) is 9.16. The van der Waals surface area contributed by atoms with E-state index >= 15 is 0 Å². The lowest BCUT2D eigenvalue weighted by atomic mass is 10.2. The maximum atomic E-state index is 11.4. The Balaban J connectivity index is 2.40. The molecular weight excluding hydrogens is 226 g/mol. The Bertz CT molecular complexity index is 373. The Morgan fingerprint density at radius 2 is 2.12 bits per heavy atom. The van der Waals surface area contributed by atoms with Crippen LogP contribution >= 0.6 is 11.3 Å². The van der Waals surface area contributed by atoms with Crippen molar-refractivity contribution in [2.24, 2.45) is 0 Å². The monoisotopic (exact) mass is 241 g/mol. The Morgan fingerprint density at radius 1 is 1.38 bits per heavy atom. The Hall–Kier alpha value is -1.36. The molecule has 1 aromatic rings. The maximum Gasteiger partial charge on any atom is 0.345 e. The van der Waals surface area contributed by atoms with Crippen LogP contribution in [0, 0.1) is 0 Å². The van der Waals surface area contributed by atoms with E-state index in [0.29, 0.717) is 11.4 Å². The molecule has 0 spiro atoms. The topological polar surface area (TPSA) is 66.4 Å². The number of nitrogens with one attached hydrogen (secondary N) is 1. The van der Waals surface area contributed by atoms with Crippen LogP contribution < -0.4 is 5.32 Å². The van der Waals surface area contributed by atoms with Crippen molar-refractivity contribution in [2.45, 2.75) is 32.6 Å². The van der Waals surface area contributed by atoms with Crippen molar-refractivity contribution in [3.63, 3.8) is 0 Å². The fourth-order valence-electron chi connectivity index (χ4n) is 1.26. The lowest BCUT2D eigenvalue weighted by Gasteiger charge is -2.01. The van der Waals surface area contributed by atoms with Crippen LogP contribution in [-0.4, -0.2) is 17.0 Å². The van der Waals surface area contributed by atoms with Gasteiger partial charge in [0.2, 0.25) is 5.91 Å². The number of hydrogen-bond donors (Lipinski definition) is 2. The molecule has 0 aliphatic carbocycles. The summed E-state index contributed by atoms with van der Waals surface area (Å²) < 4.78 is 0. The fraction of sp³-hybridized carbons (Fsp3) is 0.455. The molecular formula is C11H15NO3S. The molecule has 1 heterocycles. The zero-order valence-corrected chi connectivity index (χ0v) is 9.97. The highest BCUT2D eigenvalue weighted by Crippen LogP contribution is 2.22. The number of anilines is 1. The Kier molecular flexibility index (Phi) is 4.98. The smallest absolute Gasteiger partial charge is 0.345 e. The van der Waals surface area contributed by atoms with Crippen LogP contribution in [0.25, 0.3) is 0 Å². The molecule has 0 saturated carbocycles. The first kappa shape index (κ1) is 12.7. The molecule has 2 N–H and O–H groups in total. The van der Waals surface area contributed by atoms with Crippen molar-refractivity contribution in [1.29, 1.82) is 0 Å². The van der Waals surface area contributed by atoms with Gasteiger partial charge in [-0.3, -0.25) is 4.79 Å². The van der Waals surface area contributed by atoms with Crippen molar-refractivity contribution in [2.75, 3.05) is 5.32 Å². The third-order valence-electron chi connectivity index (χ3n) is 2.09. The predicted molar refractivity (Wildman–Crippen MR) is 64.1 cm³/mol. The van der Waals surface area contributed by atoms with E-state index in [1.54, 1.807) is 6.07 Å². The molecule has 0 atom stereocenters. The number of hydrogen-bond acceptors (Lipinski definition) is 3. The number of unbranched alkanes of at least 4 members (excludes halogenated alkanes) is 2. The summed E-state index contributed by atoms with van der Waals surface area (Å²) in [5.41, 5.74) is 0. The van der Waals surface area contributed by atoms with Gasteiger partial charge in [-0.1, -0.05) is 19.8 Å². The number of carbonyl (C=O) groups excluding carboxylic acids is 1. The number of carbonyl (C=O) groups is 2. The van der Waals surface area contributed by atoms with Gasteiger partial charge in [0.15, 0.2) is 0 Å². The number of rotatable bonds is 6. The number of carboxylic acids is 1. The summed E-state index contributed by atoms with van der Waals surface area (Å²) in [4.78, 5) is 22.3. The largest absolute Gasteiger partial charge is 0.477 e. The van der Waals surface area contributed by atoms with Gasteiger partial charge in [0, 0.05) is 6.42 Å². The van der Waals surface area contributed by atoms with Crippen LogP contribution in [-0.2, 0) is 4.79 Å². The van der Waals surface area contributed by atoms with Gasteiger partial charge < -0.3 is 10.4 Å². The highest BCUT2D eigenvalue weighted by Gasteiger charge is 2.08. The standard InChI is InChI=1S/C11H15NO3S/c1-2-3-4-5-9(13)12-10-7-6-8(16-10)11(14)15/h6-7H,2-5H2,1H3,(H,12,13)(H,14,15). The average Bonchev–Trinajstić information content (AvgIpc) is 2.66. The molecule has 0 aliphatic heterocycles. The molecule has 0 bridgehead atoms. The highest BCUT2D eigenvalue weighted by molar-refractivity contribution is 7.18. The van der Waals surface area contributed by atoms with Gasteiger partial charge in [-0.05, 0) is 18.6 Å². The summed E-state index contributed by atoms with van der Waals surface area (Å²) >= 11 is 1.08. The first-order chi connectivity index (χ1) is 7.63. The summed E-state index contributed by atoms with van der Waals surface area (Å²) in [7, 11) is 0. The van der Waals surface area contributed by atoms with Gasteiger partial charge in [-0.25, -0.2) is 4.79 Å². The highest BCUT2D eigenvalue weighted by atomic mass is 32.1. The SMILES string of the molecule is CCCCCC(=O)Nc1ccc(C(=O)O)s1. The quantitative estimate of drug-likeness (QED) is 0.752. The number of thiophene rings is 1. The van der Waals surface area contributed by atoms with Gasteiger partial charge >= 0.3 is 5.97 Å². The van der Waals surface area contributed by atoms with Crippen molar-refractivity contribution < 1.29 is 14.7 Å². The molecule has 0 aromatic carbocycles. The van der Waals surface area contributed by atoms with E-state index < -0.39 is 5.97 Å². The van der Waals surface area contributed by atoms with E-state index in [4.69, 9.17) is 5.11 Å². The van der Waals surface area contributed by atoms with Gasteiger partial charge in [0.05, 0.1) is 5.00 Å². The third-order valence-corrected chi connectivity index (χ3v) is 3.08. The molecule has 0 radical (unpaired) electrons. The minimum absolute atomic E-state index is 0.0489. The summed E-state index contributed by atoms with van der Waals surface area (Å²) in [5, 5.41) is 12.0. The van der Waals surface area contributed by atoms with E-state index in [1.165, 1.54) is 6.07 Å². The minimum atomic E-state index is -0.962. The summed E-state index contributed by atoms with van der Waals surface area (Å²) in [6, 6.07) is 3.11. The molecule has 4 nitrogen and oxygen atoms in total. The molecule has 5 heteroatoms. The van der Waals surface area contributed by atoms with E-state index in [-0.39, 0.29) is 10.8 Å². The van der Waals surface area contributed by atoms with Crippen molar-refractivity contribution in [3.8, 4) is 0 Å². The van der Waals surface area contributed by atoms with Gasteiger partial charge in [0.1, 0.15) is 4.88 Å². The van der Waals surface area contributed by atoms with Crippen LogP contribution in [0.15, 0.2) is 12.1 Å². The van der Waals surface area contributed by atoms with E-state index in [0.717, 1.165) is 30.6 Å². The Labute approximate surface area is 98.3 Å². The molecule has 16 heavy (non-hydrogen) atoms. The Morgan fingerprint density at radius 3 is 2.69 bits per heavy atom. The first-order valence-electron chi connectivity index (χ1n) is 5.26. The van der Waals surface area contributed by atoms with E-state index in [2.05, 4.69) is 12.2 Å². The van der Waals surface area contributed by atoms with Crippen LogP contribution in [0.4, 0.5) is 5.00 Å². The first-order valence-corrected chi connectivity index (χ1v) is 6.08. The molecule has 1 aromatic heterocycles. The third kappa shape index (κ3) is 4.02. The number of amides is 1. The summed E-state index contributed by atoms with van der Waals surface area (Å²) in [5.74, 6) is -1.01. The number of carboxylic acid groups (broad SMARTS) is 1. The fourth-order valence-corrected chi connectivity index (χ4v) is 2.02. The summed E-state index contributed by atoms with van der Waals surface area (Å²) in [6.45, 7) is 2.08. The lowest BCUT2D eigenvalue weighted by molar-refractivity contribution is -0.116. The van der Waals surface area contributed by atoms with Gasteiger partial charge in [-0.15, -0.1) is 11.3 Å². The molecule has 0 saturated heterocycles. The minimum Gasteiger partial charge on any atom is -0.477 e. The molecule has 0 fully saturated rings. The van der Waals surface area contributed by atoms with Crippen molar-refractivity contribution >= 4 is 28.2 Å². The molecule has 0 aliphatic rings. The summed E-state index contributed by atoms with van der Waals surface area (Å²) in [6.07, 6.45) is 3.49. The van der Waals surface area contributed by atoms with Gasteiger partial charge in [0.25, 0.3) is 0 Å². The van der Waals surface area contributed by atoms with E-state index in [1.807, 2.05) is 0 Å². The van der Waals surface area contributed by atoms with Crippen molar-refractivity contribution in [3.05, 3.63) is 17.0 Å². The normalized spacial score (nSPS) is 10.1. The average molecular weight is 241 g/mol. The molecule has 1 rings (SSSR count). The predicted octanol–water partition coefficient (Wildman–Crippen LogP) is 2.97. The van der Waals surface area contributed by atoms with Crippen LogP contribution in [0.2, 0.25) is 0 Å². The lowest BCUT2D eigenvalue weighted by Crippen LogP contribution is -2.09. The second-order valence-electron chi connectivity index (χ2n) is 3.47. The van der Waals surface area contributed by atoms with Gasteiger partial charge in [-0.2, -0.15) is 0 Å². The molecule has 1 amide bonds. The van der Waals surface area contributed by atoms with Crippen LogP contribution in [0.5, 0.6) is 0 Å². The van der Waals surface area contributed by atoms with E-state index in [9.17, 15) is 9.59 Å². The molecule has 88 valence electrons. The second kappa shape index (κ2) is 6.27. The zero-order chi connectivity index (χ0) is 12.0. The van der Waals surface area contributed by atoms with Crippen molar-refractivity contribution in [1.82, 2.24) is 0 Å².